The van der Waals surface area contributed by atoms with Gasteiger partial charge in [-0.15, -0.1) is 0 Å². The van der Waals surface area contributed by atoms with Crippen LogP contribution in [0.4, 0.5) is 17.5 Å². The maximum atomic E-state index is 9.20. The van der Waals surface area contributed by atoms with E-state index in [1.807, 2.05) is 18.2 Å². The van der Waals surface area contributed by atoms with Crippen LogP contribution in [0.25, 0.3) is 33.1 Å². The topological polar surface area (TPSA) is 227 Å². The Labute approximate surface area is 149 Å². The molecular weight excluding hydrogens is 348 g/mol. The lowest BCUT2D eigenvalue weighted by molar-refractivity contribution is 1.20. The number of nitrogen functional groups attached to an aromatic ring is 3. The van der Waals surface area contributed by atoms with Crippen molar-refractivity contribution in [2.24, 2.45) is 0 Å². The molecule has 0 amide bonds. The van der Waals surface area contributed by atoms with Crippen molar-refractivity contribution in [3.8, 4) is 18.2 Å². The number of anilines is 3. The van der Waals surface area contributed by atoms with Gasteiger partial charge in [-0.2, -0.15) is 15.8 Å². The van der Waals surface area contributed by atoms with Crippen molar-refractivity contribution in [3.05, 3.63) is 17.1 Å². The minimum Gasteiger partial charge on any atom is -0.381 e. The number of nitrogens with zero attached hydrogens (tertiary/aromatic N) is 9. The van der Waals surface area contributed by atoms with Gasteiger partial charge in [-0.25, -0.2) is 29.9 Å². The van der Waals surface area contributed by atoms with Gasteiger partial charge in [-0.05, 0) is 0 Å². The molecule has 3 heterocycles. The second-order valence-corrected chi connectivity index (χ2v) is 5.30. The first kappa shape index (κ1) is 15.6. The van der Waals surface area contributed by atoms with Crippen LogP contribution in [0, 0.1) is 34.0 Å². The zero-order valence-corrected chi connectivity index (χ0v) is 13.3. The first-order valence-corrected chi connectivity index (χ1v) is 7.22. The fraction of sp³-hybridized carbons (Fsp3) is 0. The second kappa shape index (κ2) is 5.31. The summed E-state index contributed by atoms with van der Waals surface area (Å²) in [5, 5.41) is 27.6. The van der Waals surface area contributed by atoms with Crippen LogP contribution in [-0.4, -0.2) is 29.9 Å². The standard InChI is InChI=1S/C15H6N12/c16-1-4-13(19)25-10-7(22-4)8-11(26-14(20)5(2-17)23-8)12-9(10)24-6(3-18)15(21)27-12/h(H2,19,25)(H2,20,26)(H2,21,27). The molecule has 0 bridgehead atoms. The fourth-order valence-corrected chi connectivity index (χ4v) is 2.58. The van der Waals surface area contributed by atoms with E-state index in [1.165, 1.54) is 0 Å². The summed E-state index contributed by atoms with van der Waals surface area (Å²) in [4.78, 5) is 25.0. The van der Waals surface area contributed by atoms with E-state index < -0.39 is 0 Å². The van der Waals surface area contributed by atoms with Crippen molar-refractivity contribution in [2.75, 3.05) is 17.2 Å². The van der Waals surface area contributed by atoms with Gasteiger partial charge in [0.1, 0.15) is 51.3 Å². The van der Waals surface area contributed by atoms with Crippen molar-refractivity contribution < 1.29 is 0 Å². The second-order valence-electron chi connectivity index (χ2n) is 5.30. The minimum absolute atomic E-state index is 0.120. The van der Waals surface area contributed by atoms with Gasteiger partial charge in [0.05, 0.1) is 0 Å². The van der Waals surface area contributed by atoms with E-state index in [0.29, 0.717) is 0 Å². The molecule has 0 atom stereocenters. The highest BCUT2D eigenvalue weighted by atomic mass is 15.0. The summed E-state index contributed by atoms with van der Waals surface area (Å²) in [6.45, 7) is 0. The number of nitrogens with two attached hydrogens (primary N) is 3. The highest BCUT2D eigenvalue weighted by Crippen LogP contribution is 2.32. The van der Waals surface area contributed by atoms with E-state index in [0.717, 1.165) is 0 Å². The Hall–Kier alpha value is -4.89. The number of aromatic nitrogens is 6. The first-order chi connectivity index (χ1) is 13.0. The molecule has 0 unspecified atom stereocenters. The number of rotatable bonds is 0. The van der Waals surface area contributed by atoms with Crippen LogP contribution in [0.3, 0.4) is 0 Å². The van der Waals surface area contributed by atoms with E-state index >= 15 is 0 Å². The number of hydrogen-bond acceptors (Lipinski definition) is 12. The Balaban J connectivity index is 2.39. The molecule has 4 aromatic rings. The predicted octanol–water partition coefficient (Wildman–Crippen LogP) is -0.122. The van der Waals surface area contributed by atoms with E-state index in [9.17, 15) is 15.8 Å². The van der Waals surface area contributed by atoms with Crippen LogP contribution in [0.15, 0.2) is 0 Å². The van der Waals surface area contributed by atoms with Crippen molar-refractivity contribution >= 4 is 50.6 Å². The number of benzene rings is 1. The first-order valence-electron chi connectivity index (χ1n) is 7.22. The lowest BCUT2D eigenvalue weighted by Gasteiger charge is -2.09. The molecule has 0 aliphatic heterocycles. The zero-order valence-electron chi connectivity index (χ0n) is 13.3. The molecular formula is C15H6N12. The van der Waals surface area contributed by atoms with Crippen LogP contribution in [0.5, 0.6) is 0 Å². The molecule has 12 nitrogen and oxygen atoms in total. The summed E-state index contributed by atoms with van der Waals surface area (Å²) in [6.07, 6.45) is 0. The molecule has 0 saturated carbocycles. The summed E-state index contributed by atoms with van der Waals surface area (Å²) < 4.78 is 0. The predicted molar refractivity (Wildman–Crippen MR) is 93.1 cm³/mol. The van der Waals surface area contributed by atoms with Crippen molar-refractivity contribution in [1.29, 1.82) is 15.8 Å². The summed E-state index contributed by atoms with van der Waals surface area (Å²) in [5.74, 6) is -0.379. The third-order valence-corrected chi connectivity index (χ3v) is 3.76. The van der Waals surface area contributed by atoms with E-state index in [-0.39, 0.29) is 67.6 Å². The van der Waals surface area contributed by atoms with Gasteiger partial charge in [0, 0.05) is 0 Å². The van der Waals surface area contributed by atoms with Gasteiger partial charge < -0.3 is 17.2 Å². The summed E-state index contributed by atoms with van der Waals surface area (Å²) in [7, 11) is 0. The highest BCUT2D eigenvalue weighted by Gasteiger charge is 2.21. The third kappa shape index (κ3) is 2.06. The fourth-order valence-electron chi connectivity index (χ4n) is 2.58. The number of nitriles is 3. The van der Waals surface area contributed by atoms with Gasteiger partial charge >= 0.3 is 0 Å². The van der Waals surface area contributed by atoms with Crippen LogP contribution >= 0.6 is 0 Å². The Morgan fingerprint density at radius 3 is 0.889 bits per heavy atom. The number of fused-ring (bicyclic) bond motifs is 6. The molecule has 6 N–H and O–H groups in total. The average molecular weight is 354 g/mol. The smallest absolute Gasteiger partial charge is 0.183 e. The van der Waals surface area contributed by atoms with E-state index in [2.05, 4.69) is 29.9 Å². The van der Waals surface area contributed by atoms with Crippen LogP contribution in [0.2, 0.25) is 0 Å². The SMILES string of the molecule is N#Cc1nc2c(nc1N)c1nc(N)c(C#N)nc1c1nc(C#N)c(N)nc21. The molecule has 0 fully saturated rings. The van der Waals surface area contributed by atoms with Crippen LogP contribution in [0.1, 0.15) is 17.1 Å². The lowest BCUT2D eigenvalue weighted by Crippen LogP contribution is -2.07. The molecule has 0 aliphatic rings. The zero-order chi connectivity index (χ0) is 19.3. The molecule has 4 rings (SSSR count). The maximum Gasteiger partial charge on any atom is 0.183 e. The van der Waals surface area contributed by atoms with Crippen LogP contribution < -0.4 is 17.2 Å². The summed E-state index contributed by atoms with van der Waals surface area (Å²) >= 11 is 0. The normalized spacial score (nSPS) is 10.6. The van der Waals surface area contributed by atoms with E-state index in [1.54, 1.807) is 0 Å². The Morgan fingerprint density at radius 2 is 0.667 bits per heavy atom. The van der Waals surface area contributed by atoms with Gasteiger partial charge in [0.15, 0.2) is 34.5 Å². The Morgan fingerprint density at radius 1 is 0.444 bits per heavy atom. The molecule has 3 aromatic heterocycles. The van der Waals surface area contributed by atoms with Gasteiger partial charge in [0.2, 0.25) is 0 Å². The lowest BCUT2D eigenvalue weighted by atomic mass is 10.1. The summed E-state index contributed by atoms with van der Waals surface area (Å²) in [6, 6.07) is 5.49. The quantitative estimate of drug-likeness (QED) is 0.351. The Kier molecular flexibility index (Phi) is 3.07. The average Bonchev–Trinajstić information content (AvgIpc) is 2.67. The molecule has 126 valence electrons. The molecule has 0 radical (unpaired) electrons. The number of hydrogen-bond donors (Lipinski definition) is 3. The van der Waals surface area contributed by atoms with Gasteiger partial charge in [-0.1, -0.05) is 0 Å². The molecule has 0 aliphatic carbocycles. The minimum atomic E-state index is -0.135. The third-order valence-electron chi connectivity index (χ3n) is 3.76. The van der Waals surface area contributed by atoms with Crippen LogP contribution in [-0.2, 0) is 0 Å². The van der Waals surface area contributed by atoms with Crippen molar-refractivity contribution in [2.45, 2.75) is 0 Å². The Bertz CT molecular complexity index is 1430. The maximum absolute atomic E-state index is 9.20. The van der Waals surface area contributed by atoms with Gasteiger partial charge in [0.25, 0.3) is 0 Å². The highest BCUT2D eigenvalue weighted by molar-refractivity contribution is 6.18. The molecule has 27 heavy (non-hydrogen) atoms. The largest absolute Gasteiger partial charge is 0.381 e. The molecule has 12 heteroatoms. The molecule has 0 spiro atoms. The summed E-state index contributed by atoms with van der Waals surface area (Å²) in [5.41, 5.74) is 17.8. The van der Waals surface area contributed by atoms with Gasteiger partial charge in [-0.3, -0.25) is 0 Å². The molecule has 0 saturated heterocycles. The monoisotopic (exact) mass is 354 g/mol. The van der Waals surface area contributed by atoms with Crippen molar-refractivity contribution in [1.82, 2.24) is 29.9 Å². The van der Waals surface area contributed by atoms with Crippen molar-refractivity contribution in [3.63, 3.8) is 0 Å². The van der Waals surface area contributed by atoms with E-state index in [4.69, 9.17) is 17.2 Å². The molecule has 1 aromatic carbocycles.